The molecule has 0 bridgehead atoms. The number of ether oxygens (including phenoxy) is 3. The Morgan fingerprint density at radius 1 is 0.256 bits per heavy atom. The van der Waals surface area contributed by atoms with Crippen LogP contribution < -0.4 is 0 Å². The summed E-state index contributed by atoms with van der Waals surface area (Å²) in [4.78, 5) is 38.3. The van der Waals surface area contributed by atoms with Crippen LogP contribution in [0.4, 0.5) is 0 Å². The Balaban J connectivity index is 4.07. The predicted octanol–water partition coefficient (Wildman–Crippen LogP) is 23.9. The third-order valence-corrected chi connectivity index (χ3v) is 15.9. The Labute approximate surface area is 486 Å². The van der Waals surface area contributed by atoms with Gasteiger partial charge in [0.25, 0.3) is 0 Å². The van der Waals surface area contributed by atoms with Crippen LogP contribution in [0.15, 0.2) is 36.5 Å². The van der Waals surface area contributed by atoms with Crippen molar-refractivity contribution in [3.63, 3.8) is 0 Å². The zero-order valence-electron chi connectivity index (χ0n) is 52.7. The lowest BCUT2D eigenvalue weighted by atomic mass is 10.0. The third kappa shape index (κ3) is 64.5. The summed E-state index contributed by atoms with van der Waals surface area (Å²) < 4.78 is 16.9. The largest absolute Gasteiger partial charge is 0.462 e. The van der Waals surface area contributed by atoms with Crippen LogP contribution in [0, 0.1) is 0 Å². The number of carbonyl (C=O) groups is 3. The highest BCUT2D eigenvalue weighted by molar-refractivity contribution is 5.71. The van der Waals surface area contributed by atoms with Gasteiger partial charge in [0.05, 0.1) is 0 Å². The molecular weight excluding hydrogens is 961 g/mol. The number of allylic oxidation sites excluding steroid dienone is 6. The van der Waals surface area contributed by atoms with E-state index in [1.165, 1.54) is 276 Å². The van der Waals surface area contributed by atoms with Crippen LogP contribution in [0.5, 0.6) is 0 Å². The first kappa shape index (κ1) is 75.6. The third-order valence-electron chi connectivity index (χ3n) is 15.9. The number of rotatable bonds is 65. The highest BCUT2D eigenvalue weighted by Crippen LogP contribution is 2.18. The molecule has 0 radical (unpaired) electrons. The quantitative estimate of drug-likeness (QED) is 0.0261. The van der Waals surface area contributed by atoms with E-state index in [9.17, 15) is 14.4 Å². The lowest BCUT2D eigenvalue weighted by Gasteiger charge is -2.18. The average Bonchev–Trinajstić information content (AvgIpc) is 3.44. The topological polar surface area (TPSA) is 78.9 Å². The Morgan fingerprint density at radius 3 is 0.718 bits per heavy atom. The highest BCUT2D eigenvalue weighted by Gasteiger charge is 2.19. The first-order valence-corrected chi connectivity index (χ1v) is 35.0. The maximum atomic E-state index is 12.9. The van der Waals surface area contributed by atoms with E-state index in [4.69, 9.17) is 14.2 Å². The molecule has 0 aliphatic heterocycles. The fourth-order valence-corrected chi connectivity index (χ4v) is 10.6. The fraction of sp³-hybridized carbons (Fsp3) is 0.875. The molecule has 0 N–H and O–H groups in total. The van der Waals surface area contributed by atoms with Crippen LogP contribution in [-0.4, -0.2) is 37.2 Å². The van der Waals surface area contributed by atoms with Crippen molar-refractivity contribution in [2.24, 2.45) is 0 Å². The van der Waals surface area contributed by atoms with E-state index in [2.05, 4.69) is 57.2 Å². The predicted molar refractivity (Wildman–Crippen MR) is 339 cm³/mol. The van der Waals surface area contributed by atoms with Gasteiger partial charge in [-0.15, -0.1) is 0 Å². The van der Waals surface area contributed by atoms with Crippen LogP contribution in [0.25, 0.3) is 0 Å². The Bertz CT molecular complexity index is 1300. The Morgan fingerprint density at radius 2 is 0.462 bits per heavy atom. The van der Waals surface area contributed by atoms with Crippen LogP contribution in [-0.2, 0) is 28.6 Å². The minimum absolute atomic E-state index is 0.0654. The monoisotopic (exact) mass is 1100 g/mol. The average molecular weight is 1100 g/mol. The van der Waals surface area contributed by atoms with Gasteiger partial charge in [0.2, 0.25) is 0 Å². The summed E-state index contributed by atoms with van der Waals surface area (Å²) in [5.41, 5.74) is 0. The minimum atomic E-state index is -0.766. The number of hydrogen-bond acceptors (Lipinski definition) is 6. The molecule has 0 amide bonds. The smallest absolute Gasteiger partial charge is 0.306 e. The molecule has 0 aromatic carbocycles. The van der Waals surface area contributed by atoms with Crippen LogP contribution in [0.2, 0.25) is 0 Å². The second-order valence-corrected chi connectivity index (χ2v) is 23.8. The van der Waals surface area contributed by atoms with E-state index in [0.29, 0.717) is 19.3 Å². The van der Waals surface area contributed by atoms with Gasteiger partial charge in [-0.25, -0.2) is 0 Å². The van der Waals surface area contributed by atoms with Gasteiger partial charge in [0.1, 0.15) is 13.2 Å². The first-order valence-electron chi connectivity index (χ1n) is 35.0. The maximum Gasteiger partial charge on any atom is 0.306 e. The molecule has 0 aromatic rings. The summed E-state index contributed by atoms with van der Waals surface area (Å²) in [6.07, 6.45) is 83.3. The number of esters is 3. The van der Waals surface area contributed by atoms with Crippen molar-refractivity contribution in [2.45, 2.75) is 393 Å². The molecule has 0 rings (SSSR count). The number of hydrogen-bond donors (Lipinski definition) is 0. The second kappa shape index (κ2) is 67.1. The minimum Gasteiger partial charge on any atom is -0.462 e. The molecule has 0 saturated carbocycles. The molecule has 0 aliphatic carbocycles. The van der Waals surface area contributed by atoms with Crippen molar-refractivity contribution in [1.82, 2.24) is 0 Å². The van der Waals surface area contributed by atoms with Gasteiger partial charge < -0.3 is 14.2 Å². The van der Waals surface area contributed by atoms with Gasteiger partial charge in [-0.2, -0.15) is 0 Å². The standard InChI is InChI=1S/C72H134O6/c1-4-7-10-13-16-19-21-23-25-27-29-31-32-33-34-35-36-37-38-39-40-41-43-44-46-48-50-53-56-59-62-65-71(74)77-68-69(67-76-70(73)64-61-58-55-52-18-15-12-9-6-3)78-72(75)66-63-60-57-54-51-49-47-45-42-30-28-26-24-22-20-17-14-11-8-5-2/h21,23,27,29,32-33,69H,4-20,22,24-26,28,30-31,34-68H2,1-3H3/b23-21-,29-27-,33-32-. The van der Waals surface area contributed by atoms with E-state index in [1.54, 1.807) is 0 Å². The van der Waals surface area contributed by atoms with Crippen LogP contribution in [0.1, 0.15) is 387 Å². The summed E-state index contributed by atoms with van der Waals surface area (Å²) in [5, 5.41) is 0. The lowest BCUT2D eigenvalue weighted by molar-refractivity contribution is -0.167. The summed E-state index contributed by atoms with van der Waals surface area (Å²) in [5.74, 6) is -0.840. The molecule has 6 heteroatoms. The molecule has 458 valence electrons. The SMILES string of the molecule is CCCCCCC/C=C\C/C=C\C/C=C\CCCCCCCCCCCCCCCCCCC(=O)OCC(COC(=O)CCCCCCCCCCC)OC(=O)CCCCCCCCCCCCCCCCCCCCCC. The molecule has 0 fully saturated rings. The molecule has 1 atom stereocenters. The summed E-state index contributed by atoms with van der Waals surface area (Å²) in [6.45, 7) is 6.68. The number of carbonyl (C=O) groups excluding carboxylic acids is 3. The highest BCUT2D eigenvalue weighted by atomic mass is 16.6. The zero-order chi connectivity index (χ0) is 56.4. The van der Waals surface area contributed by atoms with E-state index >= 15 is 0 Å². The van der Waals surface area contributed by atoms with Crippen molar-refractivity contribution in [3.05, 3.63) is 36.5 Å². The maximum absolute atomic E-state index is 12.9. The van der Waals surface area contributed by atoms with Crippen molar-refractivity contribution in [1.29, 1.82) is 0 Å². The summed E-state index contributed by atoms with van der Waals surface area (Å²) >= 11 is 0. The molecule has 78 heavy (non-hydrogen) atoms. The molecular formula is C72H134O6. The van der Waals surface area contributed by atoms with Gasteiger partial charge in [-0.3, -0.25) is 14.4 Å². The Kier molecular flexibility index (Phi) is 65.1. The normalized spacial score (nSPS) is 12.2. The van der Waals surface area contributed by atoms with Crippen molar-refractivity contribution in [3.8, 4) is 0 Å². The molecule has 0 saturated heterocycles. The van der Waals surface area contributed by atoms with Gasteiger partial charge in [0.15, 0.2) is 6.10 Å². The molecule has 0 aromatic heterocycles. The fourth-order valence-electron chi connectivity index (χ4n) is 10.6. The number of unbranched alkanes of at least 4 members (excludes halogenated alkanes) is 48. The van der Waals surface area contributed by atoms with Gasteiger partial charge in [0, 0.05) is 19.3 Å². The van der Waals surface area contributed by atoms with Crippen LogP contribution in [0.3, 0.4) is 0 Å². The van der Waals surface area contributed by atoms with Crippen molar-refractivity contribution < 1.29 is 28.6 Å². The lowest BCUT2D eigenvalue weighted by Crippen LogP contribution is -2.30. The molecule has 1 unspecified atom stereocenters. The summed E-state index contributed by atoms with van der Waals surface area (Å²) in [6, 6.07) is 0. The van der Waals surface area contributed by atoms with Gasteiger partial charge >= 0.3 is 17.9 Å². The van der Waals surface area contributed by atoms with E-state index in [1.807, 2.05) is 0 Å². The first-order chi connectivity index (χ1) is 38.5. The second-order valence-electron chi connectivity index (χ2n) is 23.8. The molecule has 0 heterocycles. The van der Waals surface area contributed by atoms with Crippen LogP contribution >= 0.6 is 0 Å². The van der Waals surface area contributed by atoms with E-state index < -0.39 is 6.10 Å². The van der Waals surface area contributed by atoms with Gasteiger partial charge in [-0.1, -0.05) is 346 Å². The Hall–Kier alpha value is -2.37. The van der Waals surface area contributed by atoms with Crippen molar-refractivity contribution in [2.75, 3.05) is 13.2 Å². The van der Waals surface area contributed by atoms with E-state index in [0.717, 1.165) is 70.6 Å². The molecule has 6 nitrogen and oxygen atoms in total. The van der Waals surface area contributed by atoms with Crippen molar-refractivity contribution >= 4 is 17.9 Å². The molecule has 0 spiro atoms. The van der Waals surface area contributed by atoms with Gasteiger partial charge in [-0.05, 0) is 57.8 Å². The zero-order valence-corrected chi connectivity index (χ0v) is 52.7. The summed E-state index contributed by atoms with van der Waals surface area (Å²) in [7, 11) is 0. The molecule has 0 aliphatic rings. The van der Waals surface area contributed by atoms with E-state index in [-0.39, 0.29) is 31.1 Å².